The Morgan fingerprint density at radius 1 is 1.06 bits per heavy atom. The smallest absolute Gasteiger partial charge is 0.0827 e. The number of hydrogen-bond donors (Lipinski definition) is 2. The zero-order valence-corrected chi connectivity index (χ0v) is 21.8. The summed E-state index contributed by atoms with van der Waals surface area (Å²) < 4.78 is 0. The predicted octanol–water partition coefficient (Wildman–Crippen LogP) is 6.88. The fourth-order valence-electron chi connectivity index (χ4n) is 8.99. The van der Waals surface area contributed by atoms with Crippen LogP contribution < -0.4 is 11.2 Å². The van der Waals surface area contributed by atoms with Gasteiger partial charge in [0.15, 0.2) is 0 Å². The van der Waals surface area contributed by atoms with Crippen molar-refractivity contribution >= 4 is 0 Å². The van der Waals surface area contributed by atoms with Gasteiger partial charge in [0.05, 0.1) is 6.10 Å². The van der Waals surface area contributed by atoms with Gasteiger partial charge in [-0.25, -0.2) is 5.48 Å². The van der Waals surface area contributed by atoms with Crippen LogP contribution in [0, 0.1) is 46.3 Å². The first-order valence-electron chi connectivity index (χ1n) is 14.1. The van der Waals surface area contributed by atoms with E-state index in [9.17, 15) is 0 Å². The number of nitrogens with two attached hydrogens (primary N) is 1. The first-order chi connectivity index (χ1) is 15.3. The van der Waals surface area contributed by atoms with Crippen molar-refractivity contribution in [2.45, 2.75) is 111 Å². The predicted molar refractivity (Wildman–Crippen MR) is 135 cm³/mol. The summed E-state index contributed by atoms with van der Waals surface area (Å²) in [5.41, 5.74) is 11.4. The van der Waals surface area contributed by atoms with Gasteiger partial charge in [-0.05, 0) is 97.7 Å². The molecule has 8 atom stereocenters. The van der Waals surface area contributed by atoms with E-state index in [0.29, 0.717) is 23.5 Å². The standard InChI is InChI=1S/C29H52N2O/c1-20(2)7-6-8-21(3)25-11-12-26-24-10-9-22-19-23(32-31-18-17-30)13-15-28(22,4)27(24)14-16-29(25,26)5/h9,20-21,23-27,31H,6-8,10-19,30H2,1-5H3/t21-,23+,24+,25-,26+,27+,28+,29-/m1/s1. The van der Waals surface area contributed by atoms with Crippen molar-refractivity contribution in [2.75, 3.05) is 13.1 Å². The third-order valence-electron chi connectivity index (χ3n) is 10.8. The highest BCUT2D eigenvalue weighted by Gasteiger charge is 2.59. The van der Waals surface area contributed by atoms with E-state index >= 15 is 0 Å². The maximum Gasteiger partial charge on any atom is 0.0827 e. The van der Waals surface area contributed by atoms with Gasteiger partial charge in [0.2, 0.25) is 0 Å². The second kappa shape index (κ2) is 10.1. The van der Waals surface area contributed by atoms with Crippen molar-refractivity contribution in [3.8, 4) is 0 Å². The third kappa shape index (κ3) is 4.60. The Morgan fingerprint density at radius 3 is 2.62 bits per heavy atom. The molecule has 4 rings (SSSR count). The molecule has 3 heteroatoms. The molecular formula is C29H52N2O. The van der Waals surface area contributed by atoms with Crippen LogP contribution in [-0.2, 0) is 4.84 Å². The van der Waals surface area contributed by atoms with Crippen LogP contribution in [0.25, 0.3) is 0 Å². The van der Waals surface area contributed by atoms with Gasteiger partial charge in [-0.1, -0.05) is 65.5 Å². The third-order valence-corrected chi connectivity index (χ3v) is 10.8. The molecule has 0 amide bonds. The molecule has 184 valence electrons. The van der Waals surface area contributed by atoms with Gasteiger partial charge in [0.25, 0.3) is 0 Å². The topological polar surface area (TPSA) is 47.3 Å². The van der Waals surface area contributed by atoms with E-state index in [0.717, 1.165) is 48.5 Å². The zero-order chi connectivity index (χ0) is 22.9. The molecule has 0 spiro atoms. The highest BCUT2D eigenvalue weighted by Crippen LogP contribution is 2.67. The van der Waals surface area contributed by atoms with E-state index in [4.69, 9.17) is 10.6 Å². The van der Waals surface area contributed by atoms with Crippen LogP contribution in [0.15, 0.2) is 11.6 Å². The Balaban J connectivity index is 1.42. The SMILES string of the molecule is CC(C)CCC[C@@H](C)[C@H]1CC[C@H]2[C@@H]3CC=C4C[C@@H](ONCCN)CC[C@]4(C)[C@H]3CC[C@]12C. The molecule has 0 saturated heterocycles. The summed E-state index contributed by atoms with van der Waals surface area (Å²) >= 11 is 0. The maximum atomic E-state index is 5.96. The fraction of sp³-hybridized carbons (Fsp3) is 0.931. The molecular weight excluding hydrogens is 392 g/mol. The molecule has 4 aliphatic carbocycles. The maximum absolute atomic E-state index is 5.96. The van der Waals surface area contributed by atoms with Gasteiger partial charge in [-0.2, -0.15) is 0 Å². The van der Waals surface area contributed by atoms with E-state index in [-0.39, 0.29) is 0 Å². The number of nitrogens with one attached hydrogen (secondary N) is 1. The lowest BCUT2D eigenvalue weighted by molar-refractivity contribution is -0.0797. The van der Waals surface area contributed by atoms with Crippen LogP contribution in [-0.4, -0.2) is 19.2 Å². The molecule has 0 aromatic rings. The summed E-state index contributed by atoms with van der Waals surface area (Å²) in [5, 5.41) is 0. The average Bonchev–Trinajstić information content (AvgIpc) is 3.11. The molecule has 32 heavy (non-hydrogen) atoms. The van der Waals surface area contributed by atoms with Crippen LogP contribution in [0.5, 0.6) is 0 Å². The molecule has 3 fully saturated rings. The molecule has 4 aliphatic rings. The first-order valence-corrected chi connectivity index (χ1v) is 14.1. The summed E-state index contributed by atoms with van der Waals surface area (Å²) in [6.45, 7) is 14.0. The molecule has 3 nitrogen and oxygen atoms in total. The number of rotatable bonds is 9. The molecule has 0 aromatic heterocycles. The van der Waals surface area contributed by atoms with Crippen LogP contribution in [0.3, 0.4) is 0 Å². The Labute approximate surface area is 198 Å². The number of fused-ring (bicyclic) bond motifs is 5. The molecule has 0 heterocycles. The molecule has 0 unspecified atom stereocenters. The van der Waals surface area contributed by atoms with Crippen LogP contribution in [0.4, 0.5) is 0 Å². The molecule has 3 saturated carbocycles. The Bertz CT molecular complexity index is 660. The molecule has 0 bridgehead atoms. The molecule has 0 aromatic carbocycles. The van der Waals surface area contributed by atoms with Gasteiger partial charge in [0.1, 0.15) is 0 Å². The molecule has 3 N–H and O–H groups in total. The van der Waals surface area contributed by atoms with Gasteiger partial charge < -0.3 is 5.73 Å². The van der Waals surface area contributed by atoms with Gasteiger partial charge in [0, 0.05) is 13.1 Å². The summed E-state index contributed by atoms with van der Waals surface area (Å²) in [4.78, 5) is 5.96. The Morgan fingerprint density at radius 2 is 1.88 bits per heavy atom. The second-order valence-corrected chi connectivity index (χ2v) is 13.0. The van der Waals surface area contributed by atoms with Gasteiger partial charge in [-0.15, -0.1) is 0 Å². The fourth-order valence-corrected chi connectivity index (χ4v) is 8.99. The lowest BCUT2D eigenvalue weighted by Gasteiger charge is -2.58. The van der Waals surface area contributed by atoms with Crippen LogP contribution in [0.1, 0.15) is 105 Å². The molecule has 0 radical (unpaired) electrons. The van der Waals surface area contributed by atoms with Crippen molar-refractivity contribution < 1.29 is 4.84 Å². The first kappa shape index (κ1) is 24.7. The summed E-state index contributed by atoms with van der Waals surface area (Å²) in [5.74, 6) is 5.48. The van der Waals surface area contributed by atoms with Gasteiger partial charge in [-0.3, -0.25) is 4.84 Å². The van der Waals surface area contributed by atoms with E-state index in [1.54, 1.807) is 5.57 Å². The minimum absolute atomic E-state index is 0.328. The number of allylic oxidation sites excluding steroid dienone is 1. The van der Waals surface area contributed by atoms with E-state index in [1.165, 1.54) is 64.2 Å². The Hall–Kier alpha value is -0.380. The Kier molecular flexibility index (Phi) is 7.79. The van der Waals surface area contributed by atoms with E-state index in [1.807, 2.05) is 0 Å². The number of hydrogen-bond acceptors (Lipinski definition) is 3. The largest absolute Gasteiger partial charge is 0.329 e. The number of hydroxylamine groups is 1. The lowest BCUT2D eigenvalue weighted by atomic mass is 9.47. The molecule has 0 aliphatic heterocycles. The van der Waals surface area contributed by atoms with Crippen molar-refractivity contribution in [2.24, 2.45) is 52.1 Å². The minimum atomic E-state index is 0.328. The van der Waals surface area contributed by atoms with Crippen LogP contribution >= 0.6 is 0 Å². The zero-order valence-electron chi connectivity index (χ0n) is 21.8. The normalized spacial score (nSPS) is 42.2. The minimum Gasteiger partial charge on any atom is -0.329 e. The average molecular weight is 445 g/mol. The van der Waals surface area contributed by atoms with Crippen LogP contribution in [0.2, 0.25) is 0 Å². The lowest BCUT2D eigenvalue weighted by Crippen LogP contribution is -2.51. The van der Waals surface area contributed by atoms with Crippen molar-refractivity contribution in [3.05, 3.63) is 11.6 Å². The second-order valence-electron chi connectivity index (χ2n) is 13.0. The van der Waals surface area contributed by atoms with Crippen molar-refractivity contribution in [1.82, 2.24) is 5.48 Å². The summed E-state index contributed by atoms with van der Waals surface area (Å²) in [6.07, 6.45) is 18.1. The summed E-state index contributed by atoms with van der Waals surface area (Å²) in [7, 11) is 0. The van der Waals surface area contributed by atoms with E-state index < -0.39 is 0 Å². The van der Waals surface area contributed by atoms with Crippen molar-refractivity contribution in [3.63, 3.8) is 0 Å². The van der Waals surface area contributed by atoms with Crippen molar-refractivity contribution in [1.29, 1.82) is 0 Å². The quantitative estimate of drug-likeness (QED) is 0.231. The summed E-state index contributed by atoms with van der Waals surface area (Å²) in [6, 6.07) is 0. The monoisotopic (exact) mass is 444 g/mol. The van der Waals surface area contributed by atoms with Gasteiger partial charge >= 0.3 is 0 Å². The highest BCUT2D eigenvalue weighted by molar-refractivity contribution is 5.25. The van der Waals surface area contributed by atoms with E-state index in [2.05, 4.69) is 46.2 Å². The highest BCUT2D eigenvalue weighted by atomic mass is 16.7.